The Morgan fingerprint density at radius 1 is 1.21 bits per heavy atom. The van der Waals surface area contributed by atoms with Gasteiger partial charge in [0.15, 0.2) is 5.17 Å². The number of halogens is 1. The van der Waals surface area contributed by atoms with Gasteiger partial charge in [-0.2, -0.15) is 0 Å². The molecule has 0 saturated carbocycles. The Morgan fingerprint density at radius 3 is 2.68 bits per heavy atom. The number of fused-ring (bicyclic) bond motifs is 3. The van der Waals surface area contributed by atoms with Crippen LogP contribution in [0, 0.1) is 0 Å². The van der Waals surface area contributed by atoms with Gasteiger partial charge in [0.25, 0.3) is 5.91 Å². The molecule has 2 aliphatic rings. The van der Waals surface area contributed by atoms with Crippen molar-refractivity contribution in [3.8, 4) is 0 Å². The van der Waals surface area contributed by atoms with E-state index in [1.54, 1.807) is 38.1 Å². The van der Waals surface area contributed by atoms with Gasteiger partial charge < -0.3 is 5.32 Å². The molecule has 142 valence electrons. The summed E-state index contributed by atoms with van der Waals surface area (Å²) in [7, 11) is 0. The lowest BCUT2D eigenvalue weighted by atomic mass is 10.1. The average molecular weight is 413 g/mol. The quantitative estimate of drug-likeness (QED) is 0.825. The van der Waals surface area contributed by atoms with Gasteiger partial charge in [-0.3, -0.25) is 14.6 Å². The Kier molecular flexibility index (Phi) is 4.95. The van der Waals surface area contributed by atoms with Crippen molar-refractivity contribution >= 4 is 57.6 Å². The maximum atomic E-state index is 12.6. The molecular weight excluding hydrogens is 396 g/mol. The van der Waals surface area contributed by atoms with E-state index in [4.69, 9.17) is 11.6 Å². The highest BCUT2D eigenvalue weighted by atomic mass is 35.5. The maximum absolute atomic E-state index is 12.6. The molecule has 4 rings (SSSR count). The zero-order valence-electron chi connectivity index (χ0n) is 15.2. The number of amides is 2. The van der Waals surface area contributed by atoms with Gasteiger partial charge in [0.05, 0.1) is 10.9 Å². The van der Waals surface area contributed by atoms with Crippen LogP contribution < -0.4 is 5.32 Å². The van der Waals surface area contributed by atoms with Gasteiger partial charge in [0.1, 0.15) is 11.9 Å². The van der Waals surface area contributed by atoms with E-state index >= 15 is 0 Å². The fourth-order valence-electron chi connectivity index (χ4n) is 2.94. The molecule has 2 atom stereocenters. The predicted molar refractivity (Wildman–Crippen MR) is 114 cm³/mol. The van der Waals surface area contributed by atoms with Crippen LogP contribution in [0.3, 0.4) is 0 Å². The third kappa shape index (κ3) is 3.43. The molecule has 6 nitrogen and oxygen atoms in total. The standard InChI is InChI=1S/C20H17ClN4O2S/c1-11-19(27)25-17(22-11)15-5-3-4-6-16(15)24-20(25)28-12(2)18(26)23-14-9-7-13(21)8-10-14/h3-12H,1-2H3,(H,23,26)/t11-,12-/m0/s1. The van der Waals surface area contributed by atoms with Crippen LogP contribution in [0.25, 0.3) is 0 Å². The lowest BCUT2D eigenvalue weighted by molar-refractivity contribution is -0.124. The minimum absolute atomic E-state index is 0.138. The molecule has 2 amide bonds. The zero-order valence-corrected chi connectivity index (χ0v) is 16.8. The molecule has 28 heavy (non-hydrogen) atoms. The smallest absolute Gasteiger partial charge is 0.258 e. The van der Waals surface area contributed by atoms with Crippen LogP contribution in [0.2, 0.25) is 5.02 Å². The summed E-state index contributed by atoms with van der Waals surface area (Å²) < 4.78 is 0. The van der Waals surface area contributed by atoms with Crippen LogP contribution >= 0.6 is 23.4 Å². The van der Waals surface area contributed by atoms with Crippen molar-refractivity contribution in [3.63, 3.8) is 0 Å². The van der Waals surface area contributed by atoms with E-state index in [1.165, 1.54) is 16.7 Å². The van der Waals surface area contributed by atoms with Gasteiger partial charge in [-0.05, 0) is 50.2 Å². The van der Waals surface area contributed by atoms with E-state index in [-0.39, 0.29) is 11.8 Å². The summed E-state index contributed by atoms with van der Waals surface area (Å²) >= 11 is 7.11. The number of nitrogens with zero attached hydrogens (tertiary/aromatic N) is 3. The Morgan fingerprint density at radius 2 is 1.93 bits per heavy atom. The highest BCUT2D eigenvalue weighted by Crippen LogP contribution is 2.34. The van der Waals surface area contributed by atoms with Gasteiger partial charge in [0.2, 0.25) is 5.91 Å². The van der Waals surface area contributed by atoms with Crippen LogP contribution in [-0.4, -0.2) is 39.0 Å². The van der Waals surface area contributed by atoms with Crippen molar-refractivity contribution < 1.29 is 9.59 Å². The summed E-state index contributed by atoms with van der Waals surface area (Å²) in [5.41, 5.74) is 2.22. The fourth-order valence-corrected chi connectivity index (χ4v) is 3.98. The van der Waals surface area contributed by atoms with Crippen molar-refractivity contribution in [1.82, 2.24) is 4.90 Å². The zero-order chi connectivity index (χ0) is 19.8. The molecule has 2 aliphatic heterocycles. The van der Waals surface area contributed by atoms with Gasteiger partial charge >= 0.3 is 0 Å². The van der Waals surface area contributed by atoms with E-state index in [1.807, 2.05) is 24.3 Å². The largest absolute Gasteiger partial charge is 0.325 e. The summed E-state index contributed by atoms with van der Waals surface area (Å²) in [6, 6.07) is 14.0. The molecule has 2 aromatic carbocycles. The molecule has 8 heteroatoms. The summed E-state index contributed by atoms with van der Waals surface area (Å²) in [5, 5.41) is 3.45. The monoisotopic (exact) mass is 412 g/mol. The number of aliphatic imine (C=N–C) groups is 2. The number of hydrogen-bond acceptors (Lipinski definition) is 5. The number of para-hydroxylation sites is 1. The second kappa shape index (κ2) is 7.41. The third-order valence-electron chi connectivity index (χ3n) is 4.42. The van der Waals surface area contributed by atoms with Crippen molar-refractivity contribution in [2.75, 3.05) is 5.32 Å². The molecule has 0 aliphatic carbocycles. The number of amidine groups is 2. The van der Waals surface area contributed by atoms with Crippen molar-refractivity contribution in [3.05, 3.63) is 59.1 Å². The molecule has 0 saturated heterocycles. The van der Waals surface area contributed by atoms with Crippen LogP contribution in [0.4, 0.5) is 11.4 Å². The lowest BCUT2D eigenvalue weighted by Crippen LogP contribution is -2.41. The first-order valence-electron chi connectivity index (χ1n) is 8.77. The van der Waals surface area contributed by atoms with E-state index in [0.29, 0.717) is 21.7 Å². The number of carbonyl (C=O) groups excluding carboxylic acids is 2. The van der Waals surface area contributed by atoms with Gasteiger partial charge in [-0.25, -0.2) is 9.89 Å². The molecule has 0 bridgehead atoms. The summed E-state index contributed by atoms with van der Waals surface area (Å²) in [5.74, 6) is 0.268. The van der Waals surface area contributed by atoms with E-state index in [0.717, 1.165) is 11.3 Å². The van der Waals surface area contributed by atoms with Gasteiger partial charge in [-0.15, -0.1) is 0 Å². The summed E-state index contributed by atoms with van der Waals surface area (Å²) in [6.07, 6.45) is 0. The fraction of sp³-hybridized carbons (Fsp3) is 0.200. The van der Waals surface area contributed by atoms with Crippen molar-refractivity contribution in [2.24, 2.45) is 9.98 Å². The molecule has 2 aromatic rings. The number of carbonyl (C=O) groups is 2. The normalized spacial score (nSPS) is 18.8. The van der Waals surface area contributed by atoms with Crippen LogP contribution in [-0.2, 0) is 9.59 Å². The minimum Gasteiger partial charge on any atom is -0.325 e. The average Bonchev–Trinajstić information content (AvgIpc) is 2.99. The number of anilines is 1. The predicted octanol–water partition coefficient (Wildman–Crippen LogP) is 4.08. The number of benzene rings is 2. The molecule has 0 unspecified atom stereocenters. The molecule has 0 aromatic heterocycles. The highest BCUT2D eigenvalue weighted by molar-refractivity contribution is 8.15. The first kappa shape index (κ1) is 18.7. The Hall–Kier alpha value is -2.64. The number of thioether (sulfide) groups is 1. The Balaban J connectivity index is 1.57. The van der Waals surface area contributed by atoms with Crippen molar-refractivity contribution in [2.45, 2.75) is 25.1 Å². The second-order valence-electron chi connectivity index (χ2n) is 6.47. The number of rotatable bonds is 3. The van der Waals surface area contributed by atoms with Crippen LogP contribution in [0.1, 0.15) is 19.4 Å². The molecular formula is C20H17ClN4O2S. The molecule has 0 radical (unpaired) electrons. The van der Waals surface area contributed by atoms with Gasteiger partial charge in [-0.1, -0.05) is 35.5 Å². The molecule has 0 fully saturated rings. The topological polar surface area (TPSA) is 74.1 Å². The lowest BCUT2D eigenvalue weighted by Gasteiger charge is -2.26. The maximum Gasteiger partial charge on any atom is 0.258 e. The SMILES string of the molecule is C[C@@H]1N=C2c3ccccc3N=C(S[C@@H](C)C(=O)Nc3ccc(Cl)cc3)N2C1=O. The van der Waals surface area contributed by atoms with Crippen molar-refractivity contribution in [1.29, 1.82) is 0 Å². The van der Waals surface area contributed by atoms with E-state index in [9.17, 15) is 9.59 Å². The summed E-state index contributed by atoms with van der Waals surface area (Å²) in [6.45, 7) is 3.54. The first-order valence-corrected chi connectivity index (χ1v) is 10.0. The first-order chi connectivity index (χ1) is 13.4. The Labute approximate surface area is 171 Å². The third-order valence-corrected chi connectivity index (χ3v) is 5.73. The molecule has 1 N–H and O–H groups in total. The van der Waals surface area contributed by atoms with Crippen LogP contribution in [0.5, 0.6) is 0 Å². The van der Waals surface area contributed by atoms with Crippen LogP contribution in [0.15, 0.2) is 58.5 Å². The minimum atomic E-state index is -0.468. The number of nitrogens with one attached hydrogen (secondary N) is 1. The second-order valence-corrected chi connectivity index (χ2v) is 8.21. The van der Waals surface area contributed by atoms with E-state index < -0.39 is 11.3 Å². The van der Waals surface area contributed by atoms with Gasteiger partial charge in [0, 0.05) is 16.3 Å². The summed E-state index contributed by atoms with van der Waals surface area (Å²) in [4.78, 5) is 35.9. The van der Waals surface area contributed by atoms with E-state index in [2.05, 4.69) is 15.3 Å². The molecule has 2 heterocycles. The molecule has 0 spiro atoms. The Bertz CT molecular complexity index is 1020. The number of hydrogen-bond donors (Lipinski definition) is 1. The highest BCUT2D eigenvalue weighted by Gasteiger charge is 2.40.